The van der Waals surface area contributed by atoms with E-state index in [4.69, 9.17) is 4.98 Å². The molecular formula is C24H28N4O2S. The summed E-state index contributed by atoms with van der Waals surface area (Å²) in [6, 6.07) is 15.4. The first-order valence-corrected chi connectivity index (χ1v) is 11.5. The first-order valence-electron chi connectivity index (χ1n) is 10.6. The van der Waals surface area contributed by atoms with Crippen molar-refractivity contribution in [2.45, 2.75) is 26.8 Å². The molecule has 1 aliphatic heterocycles. The molecule has 1 N–H and O–H groups in total. The minimum absolute atomic E-state index is 0.0238. The summed E-state index contributed by atoms with van der Waals surface area (Å²) in [6.07, 6.45) is 0.865. The van der Waals surface area contributed by atoms with Gasteiger partial charge in [0.15, 0.2) is 5.13 Å². The van der Waals surface area contributed by atoms with Crippen LogP contribution in [0.25, 0.3) is 0 Å². The number of rotatable bonds is 6. The zero-order valence-electron chi connectivity index (χ0n) is 18.0. The van der Waals surface area contributed by atoms with Crippen molar-refractivity contribution >= 4 is 33.8 Å². The number of aromatic nitrogens is 1. The van der Waals surface area contributed by atoms with Gasteiger partial charge in [0.1, 0.15) is 5.75 Å². The van der Waals surface area contributed by atoms with Gasteiger partial charge in [0.2, 0.25) is 5.91 Å². The van der Waals surface area contributed by atoms with Crippen molar-refractivity contribution in [3.05, 3.63) is 65.2 Å². The Kier molecular flexibility index (Phi) is 6.53. The molecule has 0 bridgehead atoms. The van der Waals surface area contributed by atoms with Crippen molar-refractivity contribution in [2.24, 2.45) is 0 Å². The second-order valence-electron chi connectivity index (χ2n) is 7.74. The molecule has 3 aromatic rings. The van der Waals surface area contributed by atoms with Gasteiger partial charge in [-0.3, -0.25) is 14.6 Å². The Hall–Kier alpha value is -2.90. The van der Waals surface area contributed by atoms with Gasteiger partial charge in [-0.1, -0.05) is 25.1 Å². The molecule has 1 fully saturated rings. The molecule has 0 radical (unpaired) electrons. The number of carbonyl (C=O) groups is 1. The van der Waals surface area contributed by atoms with Crippen molar-refractivity contribution in [3.8, 4) is 5.75 Å². The maximum atomic E-state index is 12.5. The lowest BCUT2D eigenvalue weighted by molar-refractivity contribution is -0.115. The first-order chi connectivity index (χ1) is 15.0. The van der Waals surface area contributed by atoms with Crippen LogP contribution >= 0.6 is 11.3 Å². The highest BCUT2D eigenvalue weighted by Crippen LogP contribution is 2.32. The summed E-state index contributed by atoms with van der Waals surface area (Å²) in [4.78, 5) is 23.7. The monoisotopic (exact) mass is 436 g/mol. The van der Waals surface area contributed by atoms with Crippen LogP contribution in [0.2, 0.25) is 0 Å². The Balaban J connectivity index is 1.42. The van der Waals surface area contributed by atoms with Crippen molar-refractivity contribution in [1.82, 2.24) is 9.88 Å². The molecule has 1 aromatic heterocycles. The van der Waals surface area contributed by atoms with E-state index >= 15 is 0 Å². The SMILES string of the molecule is CCc1ccccc1N(C(C)=O)c1nc(CN2CCN(c3ccc(O)cc3)CC2)cs1. The van der Waals surface area contributed by atoms with E-state index < -0.39 is 0 Å². The van der Waals surface area contributed by atoms with Gasteiger partial charge in [-0.2, -0.15) is 0 Å². The molecule has 7 heteroatoms. The summed E-state index contributed by atoms with van der Waals surface area (Å²) in [5.41, 5.74) is 4.19. The number of thiazole rings is 1. The van der Waals surface area contributed by atoms with Gasteiger partial charge in [-0.05, 0) is 42.3 Å². The number of piperazine rings is 1. The highest BCUT2D eigenvalue weighted by Gasteiger charge is 2.22. The third kappa shape index (κ3) is 4.89. The van der Waals surface area contributed by atoms with Crippen LogP contribution in [0.1, 0.15) is 25.1 Å². The van der Waals surface area contributed by atoms with Gasteiger partial charge in [-0.15, -0.1) is 11.3 Å². The Labute approximate surface area is 187 Å². The third-order valence-electron chi connectivity index (χ3n) is 5.63. The van der Waals surface area contributed by atoms with E-state index in [1.165, 1.54) is 11.3 Å². The Morgan fingerprint density at radius 2 is 1.81 bits per heavy atom. The molecule has 1 saturated heterocycles. The predicted octanol–water partition coefficient (Wildman–Crippen LogP) is 4.42. The second kappa shape index (κ2) is 9.49. The van der Waals surface area contributed by atoms with Gasteiger partial charge in [-0.25, -0.2) is 4.98 Å². The fraction of sp³-hybridized carbons (Fsp3) is 0.333. The molecule has 0 saturated carbocycles. The molecule has 0 atom stereocenters. The number of carbonyl (C=O) groups excluding carboxylic acids is 1. The molecule has 0 unspecified atom stereocenters. The number of para-hydroxylation sites is 1. The molecule has 2 heterocycles. The van der Waals surface area contributed by atoms with E-state index in [0.717, 1.165) is 66.9 Å². The van der Waals surface area contributed by atoms with Gasteiger partial charge in [0, 0.05) is 50.7 Å². The maximum absolute atomic E-state index is 12.5. The molecule has 1 amide bonds. The fourth-order valence-corrected chi connectivity index (χ4v) is 4.83. The topological polar surface area (TPSA) is 59.9 Å². The normalized spacial score (nSPS) is 14.6. The molecule has 0 aliphatic carbocycles. The van der Waals surface area contributed by atoms with Crippen LogP contribution in [0.4, 0.5) is 16.5 Å². The molecule has 162 valence electrons. The summed E-state index contributed by atoms with van der Waals surface area (Å²) in [5.74, 6) is 0.271. The highest BCUT2D eigenvalue weighted by atomic mass is 32.1. The smallest absolute Gasteiger partial charge is 0.230 e. The number of benzene rings is 2. The first kappa shape index (κ1) is 21.3. The summed E-state index contributed by atoms with van der Waals surface area (Å²) in [5, 5.41) is 12.3. The molecule has 6 nitrogen and oxygen atoms in total. The minimum Gasteiger partial charge on any atom is -0.508 e. The number of hydrogen-bond acceptors (Lipinski definition) is 6. The molecule has 2 aromatic carbocycles. The lowest BCUT2D eigenvalue weighted by Crippen LogP contribution is -2.46. The van der Waals surface area contributed by atoms with Crippen molar-refractivity contribution in [3.63, 3.8) is 0 Å². The van der Waals surface area contributed by atoms with Gasteiger partial charge >= 0.3 is 0 Å². The number of phenolic OH excluding ortho intramolecular Hbond substituents is 1. The van der Waals surface area contributed by atoms with Crippen LogP contribution in [0.5, 0.6) is 5.75 Å². The van der Waals surface area contributed by atoms with Crippen LogP contribution in [0, 0.1) is 0 Å². The number of amides is 1. The highest BCUT2D eigenvalue weighted by molar-refractivity contribution is 7.14. The standard InChI is InChI=1S/C24H28N4O2S/c1-3-19-6-4-5-7-23(19)28(18(2)29)24-25-20(17-31-24)16-26-12-14-27(15-13-26)21-8-10-22(30)11-9-21/h4-11,17,30H,3,12-16H2,1-2H3. The number of nitrogens with zero attached hydrogens (tertiary/aromatic N) is 4. The molecule has 4 rings (SSSR count). The number of aromatic hydroxyl groups is 1. The maximum Gasteiger partial charge on any atom is 0.230 e. The number of aryl methyl sites for hydroxylation is 1. The Morgan fingerprint density at radius 3 is 2.48 bits per heavy atom. The zero-order chi connectivity index (χ0) is 21.8. The molecule has 1 aliphatic rings. The Morgan fingerprint density at radius 1 is 1.10 bits per heavy atom. The van der Waals surface area contributed by atoms with E-state index in [9.17, 15) is 9.90 Å². The van der Waals surface area contributed by atoms with Crippen LogP contribution in [-0.4, -0.2) is 47.1 Å². The van der Waals surface area contributed by atoms with E-state index in [1.807, 2.05) is 30.3 Å². The van der Waals surface area contributed by atoms with Crippen molar-refractivity contribution in [2.75, 3.05) is 36.0 Å². The third-order valence-corrected chi connectivity index (χ3v) is 6.51. The second-order valence-corrected chi connectivity index (χ2v) is 8.57. The summed E-state index contributed by atoms with van der Waals surface area (Å²) in [6.45, 7) is 8.24. The zero-order valence-corrected chi connectivity index (χ0v) is 18.8. The largest absolute Gasteiger partial charge is 0.508 e. The summed E-state index contributed by atoms with van der Waals surface area (Å²) in [7, 11) is 0. The van der Waals surface area contributed by atoms with E-state index in [0.29, 0.717) is 5.75 Å². The van der Waals surface area contributed by atoms with Gasteiger partial charge in [0.05, 0.1) is 11.4 Å². The molecular weight excluding hydrogens is 408 g/mol. The molecule has 0 spiro atoms. The molecule has 31 heavy (non-hydrogen) atoms. The lowest BCUT2D eigenvalue weighted by atomic mass is 10.1. The summed E-state index contributed by atoms with van der Waals surface area (Å²) < 4.78 is 0. The number of anilines is 3. The van der Waals surface area contributed by atoms with Crippen molar-refractivity contribution in [1.29, 1.82) is 0 Å². The van der Waals surface area contributed by atoms with Crippen LogP contribution < -0.4 is 9.80 Å². The van der Waals surface area contributed by atoms with Crippen LogP contribution in [0.3, 0.4) is 0 Å². The average molecular weight is 437 g/mol. The van der Waals surface area contributed by atoms with Crippen LogP contribution in [0.15, 0.2) is 53.9 Å². The Bertz CT molecular complexity index is 1030. The quantitative estimate of drug-likeness (QED) is 0.620. The van der Waals surface area contributed by atoms with E-state index in [2.05, 4.69) is 28.2 Å². The van der Waals surface area contributed by atoms with Crippen molar-refractivity contribution < 1.29 is 9.90 Å². The van der Waals surface area contributed by atoms with Crippen LogP contribution in [-0.2, 0) is 17.8 Å². The van der Waals surface area contributed by atoms with E-state index in [-0.39, 0.29) is 5.91 Å². The predicted molar refractivity (Wildman–Crippen MR) is 126 cm³/mol. The fourth-order valence-electron chi connectivity index (χ4n) is 3.96. The van der Waals surface area contributed by atoms with E-state index in [1.54, 1.807) is 24.0 Å². The minimum atomic E-state index is -0.0238. The average Bonchev–Trinajstić information content (AvgIpc) is 3.23. The number of hydrogen-bond donors (Lipinski definition) is 1. The van der Waals surface area contributed by atoms with Gasteiger partial charge in [0.25, 0.3) is 0 Å². The lowest BCUT2D eigenvalue weighted by Gasteiger charge is -2.35. The number of phenols is 1. The van der Waals surface area contributed by atoms with Gasteiger partial charge < -0.3 is 10.0 Å². The summed E-state index contributed by atoms with van der Waals surface area (Å²) >= 11 is 1.52.